The molecule has 4 nitrogen and oxygen atoms in total. The molecule has 0 spiro atoms. The number of hydrogen-bond donors (Lipinski definition) is 0. The van der Waals surface area contributed by atoms with Crippen molar-refractivity contribution in [3.63, 3.8) is 0 Å². The Kier molecular flexibility index (Phi) is 5.59. The van der Waals surface area contributed by atoms with Crippen LogP contribution in [0.4, 0.5) is 0 Å². The average Bonchev–Trinajstić information content (AvgIpc) is 2.05. The number of ether oxygens (including phenoxy) is 2. The van der Waals surface area contributed by atoms with Crippen molar-refractivity contribution in [3.05, 3.63) is 11.6 Å². The minimum atomic E-state index is -0.520. The summed E-state index contributed by atoms with van der Waals surface area (Å²) >= 11 is 0. The Labute approximate surface area is 77.5 Å². The van der Waals surface area contributed by atoms with Crippen molar-refractivity contribution in [2.45, 2.75) is 20.8 Å². The zero-order chi connectivity index (χ0) is 10.3. The molecule has 0 aliphatic rings. The van der Waals surface area contributed by atoms with E-state index in [1.54, 1.807) is 13.8 Å². The molecule has 0 aliphatic heterocycles. The highest BCUT2D eigenvalue weighted by Crippen LogP contribution is 1.97. The van der Waals surface area contributed by atoms with E-state index < -0.39 is 11.9 Å². The van der Waals surface area contributed by atoms with Gasteiger partial charge in [0.15, 0.2) is 0 Å². The molecule has 4 heteroatoms. The van der Waals surface area contributed by atoms with E-state index in [4.69, 9.17) is 0 Å². The summed E-state index contributed by atoms with van der Waals surface area (Å²) in [5.41, 5.74) is 0.250. The van der Waals surface area contributed by atoms with Crippen molar-refractivity contribution >= 4 is 11.9 Å². The molecule has 0 unspecified atom stereocenters. The molecule has 0 aromatic carbocycles. The molecule has 0 fully saturated rings. The number of hydrogen-bond acceptors (Lipinski definition) is 4. The highest BCUT2D eigenvalue weighted by molar-refractivity contribution is 5.95. The van der Waals surface area contributed by atoms with Crippen molar-refractivity contribution in [1.29, 1.82) is 0 Å². The molecule has 0 rings (SSSR count). The van der Waals surface area contributed by atoms with Crippen molar-refractivity contribution < 1.29 is 19.1 Å². The second kappa shape index (κ2) is 6.22. The number of carbonyl (C=O) groups excluding carboxylic acids is 2. The number of carbonyl (C=O) groups is 2. The summed E-state index contributed by atoms with van der Waals surface area (Å²) in [6.45, 7) is 5.51. The summed E-state index contributed by atoms with van der Waals surface area (Å²) in [6.07, 6.45) is 1.13. The predicted molar refractivity (Wildman–Crippen MR) is 47.0 cm³/mol. The average molecular weight is 186 g/mol. The molecule has 0 atom stereocenters. The third-order valence-corrected chi connectivity index (χ3v) is 1.22. The van der Waals surface area contributed by atoms with Gasteiger partial charge in [0.1, 0.15) is 0 Å². The third-order valence-electron chi connectivity index (χ3n) is 1.22. The van der Waals surface area contributed by atoms with Gasteiger partial charge >= 0.3 is 11.9 Å². The van der Waals surface area contributed by atoms with Crippen molar-refractivity contribution in [3.8, 4) is 0 Å². The van der Waals surface area contributed by atoms with Gasteiger partial charge in [0.05, 0.1) is 13.2 Å². The predicted octanol–water partition coefficient (Wildman–Crippen LogP) is 1.06. The molecular weight excluding hydrogens is 172 g/mol. The molecule has 74 valence electrons. The van der Waals surface area contributed by atoms with Crippen LogP contribution in [0.1, 0.15) is 20.8 Å². The first-order valence-electron chi connectivity index (χ1n) is 4.14. The summed E-state index contributed by atoms with van der Waals surface area (Å²) in [6, 6.07) is 0. The van der Waals surface area contributed by atoms with Gasteiger partial charge in [-0.25, -0.2) is 9.59 Å². The lowest BCUT2D eigenvalue weighted by Crippen LogP contribution is -2.08. The van der Waals surface area contributed by atoms with Gasteiger partial charge in [-0.05, 0) is 20.8 Å². The monoisotopic (exact) mass is 186 g/mol. The molecule has 0 bridgehead atoms. The van der Waals surface area contributed by atoms with Gasteiger partial charge in [0.25, 0.3) is 0 Å². The van der Waals surface area contributed by atoms with Crippen LogP contribution in [0.15, 0.2) is 11.6 Å². The van der Waals surface area contributed by atoms with Gasteiger partial charge in [0, 0.05) is 11.6 Å². The first kappa shape index (κ1) is 11.7. The van der Waals surface area contributed by atoms with Crippen LogP contribution in [-0.2, 0) is 19.1 Å². The topological polar surface area (TPSA) is 52.6 Å². The van der Waals surface area contributed by atoms with Gasteiger partial charge in [-0.15, -0.1) is 0 Å². The standard InChI is InChI=1S/C9H14O4/c1-4-12-8(10)6-7(3)9(11)13-5-2/h6H,4-5H2,1-3H3/b7-6-. The molecule has 0 saturated carbocycles. The number of rotatable bonds is 4. The Morgan fingerprint density at radius 2 is 1.69 bits per heavy atom. The zero-order valence-corrected chi connectivity index (χ0v) is 8.12. The molecule has 0 aromatic rings. The minimum absolute atomic E-state index is 0.250. The molecule has 0 radical (unpaired) electrons. The number of esters is 2. The molecule has 0 aliphatic carbocycles. The quantitative estimate of drug-likeness (QED) is 0.486. The van der Waals surface area contributed by atoms with Gasteiger partial charge in [-0.3, -0.25) is 0 Å². The fourth-order valence-electron chi connectivity index (χ4n) is 0.665. The Morgan fingerprint density at radius 1 is 1.15 bits per heavy atom. The smallest absolute Gasteiger partial charge is 0.333 e. The van der Waals surface area contributed by atoms with Gasteiger partial charge in [-0.1, -0.05) is 0 Å². The fraction of sp³-hybridized carbons (Fsp3) is 0.556. The van der Waals surface area contributed by atoms with E-state index >= 15 is 0 Å². The summed E-state index contributed by atoms with van der Waals surface area (Å²) in [7, 11) is 0. The lowest BCUT2D eigenvalue weighted by molar-refractivity contribution is -0.140. The maximum Gasteiger partial charge on any atom is 0.333 e. The lowest BCUT2D eigenvalue weighted by atomic mass is 10.3. The Balaban J connectivity index is 4.14. The molecule has 0 aromatic heterocycles. The van der Waals surface area contributed by atoms with Crippen LogP contribution in [0.2, 0.25) is 0 Å². The van der Waals surface area contributed by atoms with Crippen LogP contribution in [0.3, 0.4) is 0 Å². The maximum atomic E-state index is 11.0. The molecule has 0 N–H and O–H groups in total. The van der Waals surface area contributed by atoms with E-state index in [1.807, 2.05) is 0 Å². The van der Waals surface area contributed by atoms with Crippen LogP contribution in [0.25, 0.3) is 0 Å². The minimum Gasteiger partial charge on any atom is -0.463 e. The lowest BCUT2D eigenvalue weighted by Gasteiger charge is -2.01. The second-order valence-corrected chi connectivity index (χ2v) is 2.30. The highest BCUT2D eigenvalue weighted by Gasteiger charge is 2.06. The van der Waals surface area contributed by atoms with Crippen LogP contribution >= 0.6 is 0 Å². The van der Waals surface area contributed by atoms with Crippen LogP contribution in [0.5, 0.6) is 0 Å². The van der Waals surface area contributed by atoms with Gasteiger partial charge in [-0.2, -0.15) is 0 Å². The SMILES string of the molecule is CCOC(=O)/C=C(/C)C(=O)OCC. The normalized spacial score (nSPS) is 10.8. The van der Waals surface area contributed by atoms with E-state index in [-0.39, 0.29) is 5.57 Å². The largest absolute Gasteiger partial charge is 0.463 e. The molecule has 0 saturated heterocycles. The Morgan fingerprint density at radius 3 is 2.15 bits per heavy atom. The van der Waals surface area contributed by atoms with Crippen LogP contribution in [-0.4, -0.2) is 25.2 Å². The van der Waals surface area contributed by atoms with Gasteiger partial charge < -0.3 is 9.47 Å². The summed E-state index contributed by atoms with van der Waals surface area (Å²) in [4.78, 5) is 21.8. The fourth-order valence-corrected chi connectivity index (χ4v) is 0.665. The van der Waals surface area contributed by atoms with E-state index in [2.05, 4.69) is 9.47 Å². The summed E-state index contributed by atoms with van der Waals surface area (Å²) in [5.74, 6) is -1.01. The molecular formula is C9H14O4. The van der Waals surface area contributed by atoms with Crippen molar-refractivity contribution in [1.82, 2.24) is 0 Å². The van der Waals surface area contributed by atoms with Crippen LogP contribution in [0, 0.1) is 0 Å². The van der Waals surface area contributed by atoms with Crippen molar-refractivity contribution in [2.24, 2.45) is 0 Å². The van der Waals surface area contributed by atoms with E-state index in [0.29, 0.717) is 13.2 Å². The molecule has 0 amide bonds. The zero-order valence-electron chi connectivity index (χ0n) is 8.12. The molecule has 0 heterocycles. The second-order valence-electron chi connectivity index (χ2n) is 2.30. The van der Waals surface area contributed by atoms with E-state index in [9.17, 15) is 9.59 Å². The summed E-state index contributed by atoms with van der Waals surface area (Å²) in [5, 5.41) is 0. The summed E-state index contributed by atoms with van der Waals surface area (Å²) < 4.78 is 9.29. The van der Waals surface area contributed by atoms with Crippen LogP contribution < -0.4 is 0 Å². The van der Waals surface area contributed by atoms with E-state index in [1.165, 1.54) is 6.92 Å². The highest BCUT2D eigenvalue weighted by atomic mass is 16.5. The third kappa shape index (κ3) is 5.00. The van der Waals surface area contributed by atoms with Crippen molar-refractivity contribution in [2.75, 3.05) is 13.2 Å². The maximum absolute atomic E-state index is 11.0. The first-order valence-corrected chi connectivity index (χ1v) is 4.14. The van der Waals surface area contributed by atoms with E-state index in [0.717, 1.165) is 6.08 Å². The Bertz CT molecular complexity index is 218. The first-order chi connectivity index (χ1) is 6.11. The Hall–Kier alpha value is -1.32. The van der Waals surface area contributed by atoms with Gasteiger partial charge in [0.2, 0.25) is 0 Å². The molecule has 13 heavy (non-hydrogen) atoms.